The van der Waals surface area contributed by atoms with Crippen LogP contribution in [-0.2, 0) is 27.4 Å². The second-order valence-corrected chi connectivity index (χ2v) is 7.86. The van der Waals surface area contributed by atoms with Crippen LogP contribution in [0.15, 0.2) is 0 Å². The number of hydrogen-bond acceptors (Lipinski definition) is 7. The molecule has 3 heterocycles. The fraction of sp³-hybridized carbons (Fsp3) is 0.889. The number of tetrazole rings is 1. The Morgan fingerprint density at radius 3 is 2.63 bits per heavy atom. The summed E-state index contributed by atoms with van der Waals surface area (Å²) in [5.74, 6) is 1.42. The molecule has 2 saturated heterocycles. The zero-order chi connectivity index (χ0) is 19.2. The Labute approximate surface area is 161 Å². The van der Waals surface area contributed by atoms with Crippen molar-refractivity contribution in [1.29, 1.82) is 0 Å². The maximum Gasteiger partial charge on any atom is 0.244 e. The van der Waals surface area contributed by atoms with E-state index in [4.69, 9.17) is 9.47 Å². The van der Waals surface area contributed by atoms with Gasteiger partial charge in [0.25, 0.3) is 0 Å². The third-order valence-corrected chi connectivity index (χ3v) is 5.39. The summed E-state index contributed by atoms with van der Waals surface area (Å²) in [4.78, 5) is 16.7. The number of morpholine rings is 1. The van der Waals surface area contributed by atoms with E-state index < -0.39 is 0 Å². The summed E-state index contributed by atoms with van der Waals surface area (Å²) in [6, 6.07) is 0. The number of nitrogens with zero attached hydrogens (tertiary/aromatic N) is 6. The summed E-state index contributed by atoms with van der Waals surface area (Å²) < 4.78 is 12.8. The minimum atomic E-state index is 0.0410. The molecule has 0 bridgehead atoms. The number of amides is 1. The predicted octanol–water partition coefficient (Wildman–Crippen LogP) is 0.557. The highest BCUT2D eigenvalue weighted by atomic mass is 16.5. The van der Waals surface area contributed by atoms with Gasteiger partial charge in [-0.25, -0.2) is 4.68 Å². The molecule has 1 amide bonds. The Morgan fingerprint density at radius 2 is 1.93 bits per heavy atom. The molecule has 1 aromatic heterocycles. The van der Waals surface area contributed by atoms with Crippen LogP contribution < -0.4 is 0 Å². The number of hydrogen-bond donors (Lipinski definition) is 0. The van der Waals surface area contributed by atoms with Crippen molar-refractivity contribution in [2.24, 2.45) is 5.92 Å². The second-order valence-electron chi connectivity index (χ2n) is 7.86. The third kappa shape index (κ3) is 5.95. The number of carbonyl (C=O) groups excluding carboxylic acids is 1. The molecule has 0 unspecified atom stereocenters. The van der Waals surface area contributed by atoms with Gasteiger partial charge in [0.2, 0.25) is 5.91 Å². The van der Waals surface area contributed by atoms with Gasteiger partial charge < -0.3 is 14.4 Å². The molecule has 2 aliphatic heterocycles. The molecule has 2 atom stereocenters. The second kappa shape index (κ2) is 9.57. The number of likely N-dealkylation sites (N-methyl/N-ethyl adjacent to an activating group) is 1. The molecular weight excluding hydrogens is 348 g/mol. The number of aromatic nitrogens is 4. The third-order valence-electron chi connectivity index (χ3n) is 5.39. The van der Waals surface area contributed by atoms with Gasteiger partial charge in [0, 0.05) is 39.9 Å². The number of ether oxygens (including phenoxy) is 2. The molecule has 0 aliphatic carbocycles. The fourth-order valence-corrected chi connectivity index (χ4v) is 3.86. The SMILES string of the molecule is C[C@@H]1CN(Cc2nnnn2CC(=O)N(C)CCC2CCOCC2)C[C@H](C)O1. The van der Waals surface area contributed by atoms with Crippen LogP contribution in [-0.4, -0.2) is 88.0 Å². The standard InChI is InChI=1S/C18H32N6O3/c1-14-10-23(11-15(2)27-14)12-17-19-20-21-24(17)13-18(25)22(3)7-4-16-5-8-26-9-6-16/h14-16H,4-13H2,1-3H3/t14-,15+. The van der Waals surface area contributed by atoms with Gasteiger partial charge in [-0.1, -0.05) is 0 Å². The number of rotatable bonds is 7. The van der Waals surface area contributed by atoms with Gasteiger partial charge in [0.05, 0.1) is 18.8 Å². The molecule has 0 saturated carbocycles. The monoisotopic (exact) mass is 380 g/mol. The summed E-state index contributed by atoms with van der Waals surface area (Å²) in [5, 5.41) is 11.9. The first kappa shape index (κ1) is 20.2. The quantitative estimate of drug-likeness (QED) is 0.683. The van der Waals surface area contributed by atoms with Crippen molar-refractivity contribution in [1.82, 2.24) is 30.0 Å². The summed E-state index contributed by atoms with van der Waals surface area (Å²) >= 11 is 0. The highest BCUT2D eigenvalue weighted by molar-refractivity contribution is 5.75. The summed E-state index contributed by atoms with van der Waals surface area (Å²) in [6.07, 6.45) is 3.59. The van der Waals surface area contributed by atoms with E-state index in [0.717, 1.165) is 57.9 Å². The predicted molar refractivity (Wildman–Crippen MR) is 98.9 cm³/mol. The Bertz CT molecular complexity index is 594. The van der Waals surface area contributed by atoms with E-state index in [2.05, 4.69) is 34.3 Å². The van der Waals surface area contributed by atoms with Crippen molar-refractivity contribution in [3.05, 3.63) is 5.82 Å². The van der Waals surface area contributed by atoms with Crippen LogP contribution in [0.2, 0.25) is 0 Å². The molecule has 9 nitrogen and oxygen atoms in total. The molecule has 0 spiro atoms. The van der Waals surface area contributed by atoms with Crippen molar-refractivity contribution >= 4 is 5.91 Å². The summed E-state index contributed by atoms with van der Waals surface area (Å²) in [5.41, 5.74) is 0. The molecule has 2 aliphatic rings. The summed E-state index contributed by atoms with van der Waals surface area (Å²) in [6.45, 7) is 9.09. The Morgan fingerprint density at radius 1 is 1.22 bits per heavy atom. The van der Waals surface area contributed by atoms with Crippen LogP contribution in [0, 0.1) is 5.92 Å². The zero-order valence-corrected chi connectivity index (χ0v) is 16.7. The van der Waals surface area contributed by atoms with E-state index in [-0.39, 0.29) is 24.7 Å². The Balaban J connectivity index is 1.48. The van der Waals surface area contributed by atoms with Crippen molar-refractivity contribution in [2.45, 2.75) is 58.4 Å². The molecule has 1 aromatic rings. The maximum absolute atomic E-state index is 12.6. The van der Waals surface area contributed by atoms with E-state index in [1.807, 2.05) is 7.05 Å². The van der Waals surface area contributed by atoms with Gasteiger partial charge in [-0.3, -0.25) is 9.69 Å². The highest BCUT2D eigenvalue weighted by Gasteiger charge is 2.24. The highest BCUT2D eigenvalue weighted by Crippen LogP contribution is 2.18. The average Bonchev–Trinajstić information content (AvgIpc) is 3.06. The minimum Gasteiger partial charge on any atom is -0.381 e. The molecule has 152 valence electrons. The van der Waals surface area contributed by atoms with Crippen molar-refractivity contribution in [3.8, 4) is 0 Å². The molecular formula is C18H32N6O3. The lowest BCUT2D eigenvalue weighted by Crippen LogP contribution is -2.45. The Kier molecular flexibility index (Phi) is 7.14. The lowest BCUT2D eigenvalue weighted by molar-refractivity contribution is -0.131. The van der Waals surface area contributed by atoms with Crippen LogP contribution >= 0.6 is 0 Å². The van der Waals surface area contributed by atoms with Gasteiger partial charge in [-0.2, -0.15) is 0 Å². The molecule has 0 radical (unpaired) electrons. The van der Waals surface area contributed by atoms with E-state index in [1.165, 1.54) is 0 Å². The molecule has 3 rings (SSSR count). The first-order valence-electron chi connectivity index (χ1n) is 9.96. The van der Waals surface area contributed by atoms with Gasteiger partial charge in [0.15, 0.2) is 5.82 Å². The largest absolute Gasteiger partial charge is 0.381 e. The molecule has 0 aromatic carbocycles. The lowest BCUT2D eigenvalue weighted by atomic mass is 9.96. The Hall–Kier alpha value is -1.58. The topological polar surface area (TPSA) is 85.6 Å². The fourth-order valence-electron chi connectivity index (χ4n) is 3.86. The van der Waals surface area contributed by atoms with E-state index >= 15 is 0 Å². The van der Waals surface area contributed by atoms with Crippen LogP contribution in [0.5, 0.6) is 0 Å². The zero-order valence-electron chi connectivity index (χ0n) is 16.7. The molecule has 0 N–H and O–H groups in total. The first-order chi connectivity index (χ1) is 13.0. The first-order valence-corrected chi connectivity index (χ1v) is 9.96. The maximum atomic E-state index is 12.6. The van der Waals surface area contributed by atoms with Crippen LogP contribution in [0.25, 0.3) is 0 Å². The van der Waals surface area contributed by atoms with Gasteiger partial charge in [0.1, 0.15) is 6.54 Å². The van der Waals surface area contributed by atoms with Crippen molar-refractivity contribution in [3.63, 3.8) is 0 Å². The van der Waals surface area contributed by atoms with Gasteiger partial charge in [-0.05, 0) is 49.5 Å². The van der Waals surface area contributed by atoms with E-state index in [1.54, 1.807) is 9.58 Å². The summed E-state index contributed by atoms with van der Waals surface area (Å²) in [7, 11) is 1.86. The lowest BCUT2D eigenvalue weighted by Gasteiger charge is -2.34. The molecule has 2 fully saturated rings. The van der Waals surface area contributed by atoms with Crippen molar-refractivity contribution < 1.29 is 14.3 Å². The normalized spacial score (nSPS) is 24.9. The van der Waals surface area contributed by atoms with Crippen LogP contribution in [0.4, 0.5) is 0 Å². The minimum absolute atomic E-state index is 0.0410. The van der Waals surface area contributed by atoms with Gasteiger partial charge in [-0.15, -0.1) is 5.10 Å². The van der Waals surface area contributed by atoms with Crippen LogP contribution in [0.3, 0.4) is 0 Å². The smallest absolute Gasteiger partial charge is 0.244 e. The van der Waals surface area contributed by atoms with E-state index in [9.17, 15) is 4.79 Å². The van der Waals surface area contributed by atoms with Crippen molar-refractivity contribution in [2.75, 3.05) is 39.9 Å². The number of carbonyl (C=O) groups is 1. The molecule has 9 heteroatoms. The van der Waals surface area contributed by atoms with Crippen LogP contribution in [0.1, 0.15) is 38.9 Å². The van der Waals surface area contributed by atoms with Gasteiger partial charge >= 0.3 is 0 Å². The van der Waals surface area contributed by atoms with E-state index in [0.29, 0.717) is 12.5 Å². The average molecular weight is 380 g/mol. The molecule has 27 heavy (non-hydrogen) atoms.